The van der Waals surface area contributed by atoms with E-state index in [1.165, 1.54) is 80.9 Å². The molecule has 8 aromatic rings. The Morgan fingerprint density at radius 3 is 1.02 bits per heavy atom. The highest BCUT2D eigenvalue weighted by molar-refractivity contribution is 9.10. The molecule has 0 aromatic heterocycles. The summed E-state index contributed by atoms with van der Waals surface area (Å²) in [5.74, 6) is 0. The van der Waals surface area contributed by atoms with Crippen LogP contribution in [0.1, 0.15) is 52.7 Å². The predicted molar refractivity (Wildman–Crippen MR) is 219 cm³/mol. The zero-order valence-electron chi connectivity index (χ0n) is 29.3. The molecule has 8 rings (SSSR count). The summed E-state index contributed by atoms with van der Waals surface area (Å²) in [7, 11) is 0. The average Bonchev–Trinajstić information content (AvgIpc) is 3.10. The van der Waals surface area contributed by atoms with Crippen molar-refractivity contribution in [3.05, 3.63) is 167 Å². The van der Waals surface area contributed by atoms with Gasteiger partial charge in [0.05, 0.1) is 0 Å². The number of fused-ring (bicyclic) bond motifs is 4. The average molecular weight is 700 g/mol. The van der Waals surface area contributed by atoms with E-state index in [4.69, 9.17) is 0 Å². The lowest BCUT2D eigenvalue weighted by Crippen LogP contribution is -2.10. The second-order valence-corrected chi connectivity index (χ2v) is 15.9. The number of hydrogen-bond acceptors (Lipinski definition) is 0. The molecule has 0 nitrogen and oxygen atoms in total. The highest BCUT2D eigenvalue weighted by Crippen LogP contribution is 2.42. The molecule has 0 saturated carbocycles. The second-order valence-electron chi connectivity index (χ2n) is 15.1. The van der Waals surface area contributed by atoms with E-state index in [1.807, 2.05) is 0 Å². The van der Waals surface area contributed by atoms with Gasteiger partial charge in [-0.15, -0.1) is 0 Å². The van der Waals surface area contributed by atoms with Crippen LogP contribution >= 0.6 is 15.9 Å². The lowest BCUT2D eigenvalue weighted by Gasteiger charge is -2.20. The summed E-state index contributed by atoms with van der Waals surface area (Å²) in [4.78, 5) is 0. The topological polar surface area (TPSA) is 0 Å². The van der Waals surface area contributed by atoms with Gasteiger partial charge in [-0.25, -0.2) is 0 Å². The molecular formula is C48H43Br. The van der Waals surface area contributed by atoms with Crippen molar-refractivity contribution in [3.63, 3.8) is 0 Å². The van der Waals surface area contributed by atoms with Crippen molar-refractivity contribution in [3.8, 4) is 22.3 Å². The van der Waals surface area contributed by atoms with Crippen molar-refractivity contribution in [2.24, 2.45) is 0 Å². The van der Waals surface area contributed by atoms with E-state index >= 15 is 0 Å². The highest BCUT2D eigenvalue weighted by atomic mass is 79.9. The number of hydrogen-bond donors (Lipinski definition) is 0. The van der Waals surface area contributed by atoms with Gasteiger partial charge in [0.25, 0.3) is 0 Å². The third kappa shape index (κ3) is 6.41. The Kier molecular flexibility index (Phi) is 8.67. The van der Waals surface area contributed by atoms with Crippen LogP contribution in [0.4, 0.5) is 0 Å². The van der Waals surface area contributed by atoms with E-state index in [0.29, 0.717) is 0 Å². The van der Waals surface area contributed by atoms with Gasteiger partial charge in [0, 0.05) is 4.47 Å². The van der Waals surface area contributed by atoms with Crippen LogP contribution in [0.15, 0.2) is 156 Å². The van der Waals surface area contributed by atoms with Crippen LogP contribution in [0, 0.1) is 0 Å². The van der Waals surface area contributed by atoms with Crippen LogP contribution in [-0.4, -0.2) is 0 Å². The number of halogens is 1. The summed E-state index contributed by atoms with van der Waals surface area (Å²) >= 11 is 3.83. The highest BCUT2D eigenvalue weighted by Gasteiger charge is 2.17. The molecule has 1 heteroatoms. The Morgan fingerprint density at radius 1 is 0.347 bits per heavy atom. The van der Waals surface area contributed by atoms with Gasteiger partial charge in [-0.1, -0.05) is 187 Å². The molecule has 0 N–H and O–H groups in total. The second kappa shape index (κ2) is 13.0. The van der Waals surface area contributed by atoms with Gasteiger partial charge in [0.15, 0.2) is 0 Å². The maximum atomic E-state index is 3.83. The molecule has 0 fully saturated rings. The lowest BCUT2D eigenvalue weighted by atomic mass is 9.85. The summed E-state index contributed by atoms with van der Waals surface area (Å²) in [6.07, 6.45) is 0. The van der Waals surface area contributed by atoms with E-state index in [0.717, 1.165) is 0 Å². The molecule has 0 spiro atoms. The van der Waals surface area contributed by atoms with E-state index < -0.39 is 0 Å². The number of rotatable bonds is 2. The third-order valence-electron chi connectivity index (χ3n) is 9.72. The molecule has 8 aromatic carbocycles. The SMILES string of the molecule is CC(C)(C)c1ccc(-c2c3ccccc3c(Br)c3ccccc23)cc1.CC(C)(C)c1ccc(-c2c3ccccc3cc3ccccc23)cc1. The maximum absolute atomic E-state index is 3.83. The predicted octanol–water partition coefficient (Wildman–Crippen LogP) is 14.7. The smallest absolute Gasteiger partial charge is 0.0332 e. The molecular weight excluding hydrogens is 656 g/mol. The Morgan fingerprint density at radius 2 is 0.653 bits per heavy atom. The van der Waals surface area contributed by atoms with Gasteiger partial charge in [-0.05, 0) is 109 Å². The minimum absolute atomic E-state index is 0.169. The first-order valence-electron chi connectivity index (χ1n) is 17.2. The van der Waals surface area contributed by atoms with Crippen LogP contribution in [0.2, 0.25) is 0 Å². The van der Waals surface area contributed by atoms with Crippen molar-refractivity contribution in [2.45, 2.75) is 52.4 Å². The van der Waals surface area contributed by atoms with Gasteiger partial charge in [-0.3, -0.25) is 0 Å². The van der Waals surface area contributed by atoms with Crippen molar-refractivity contribution in [1.29, 1.82) is 0 Å². The fraction of sp³-hybridized carbons (Fsp3) is 0.167. The normalized spacial score (nSPS) is 12.0. The van der Waals surface area contributed by atoms with Crippen LogP contribution in [0.5, 0.6) is 0 Å². The molecule has 49 heavy (non-hydrogen) atoms. The summed E-state index contributed by atoms with van der Waals surface area (Å²) in [6.45, 7) is 13.5. The largest absolute Gasteiger partial charge is 0.0616 e. The summed E-state index contributed by atoms with van der Waals surface area (Å²) in [5, 5.41) is 10.3. The van der Waals surface area contributed by atoms with Gasteiger partial charge in [-0.2, -0.15) is 0 Å². The van der Waals surface area contributed by atoms with Crippen molar-refractivity contribution < 1.29 is 0 Å². The first kappa shape index (κ1) is 32.8. The van der Waals surface area contributed by atoms with Gasteiger partial charge >= 0.3 is 0 Å². The lowest BCUT2D eigenvalue weighted by molar-refractivity contribution is 0.590. The number of benzene rings is 8. The maximum Gasteiger partial charge on any atom is 0.0332 e. The molecule has 0 amide bonds. The third-order valence-corrected chi connectivity index (χ3v) is 10.6. The summed E-state index contributed by atoms with van der Waals surface area (Å²) in [5.41, 5.74) is 8.29. The van der Waals surface area contributed by atoms with E-state index in [1.54, 1.807) is 0 Å². The molecule has 0 radical (unpaired) electrons. The molecule has 0 heterocycles. The van der Waals surface area contributed by atoms with Gasteiger partial charge in [0.1, 0.15) is 0 Å². The van der Waals surface area contributed by atoms with E-state index in [2.05, 4.69) is 209 Å². The molecule has 242 valence electrons. The minimum atomic E-state index is 0.169. The molecule has 0 aliphatic rings. The zero-order valence-corrected chi connectivity index (χ0v) is 30.9. The summed E-state index contributed by atoms with van der Waals surface area (Å²) < 4.78 is 1.17. The van der Waals surface area contributed by atoms with Gasteiger partial charge in [0.2, 0.25) is 0 Å². The Balaban J connectivity index is 0.000000154. The Labute approximate surface area is 299 Å². The molecule has 0 aliphatic carbocycles. The van der Waals surface area contributed by atoms with E-state index in [9.17, 15) is 0 Å². The van der Waals surface area contributed by atoms with Crippen molar-refractivity contribution in [2.75, 3.05) is 0 Å². The van der Waals surface area contributed by atoms with Gasteiger partial charge < -0.3 is 0 Å². The van der Waals surface area contributed by atoms with Crippen LogP contribution in [0.3, 0.4) is 0 Å². The van der Waals surface area contributed by atoms with Crippen LogP contribution in [-0.2, 0) is 10.8 Å². The monoisotopic (exact) mass is 698 g/mol. The quantitative estimate of drug-likeness (QED) is 0.158. The van der Waals surface area contributed by atoms with Crippen LogP contribution in [0.25, 0.3) is 65.3 Å². The fourth-order valence-electron chi connectivity index (χ4n) is 6.98. The first-order chi connectivity index (χ1) is 23.5. The minimum Gasteiger partial charge on any atom is -0.0616 e. The van der Waals surface area contributed by atoms with Crippen molar-refractivity contribution in [1.82, 2.24) is 0 Å². The van der Waals surface area contributed by atoms with Crippen molar-refractivity contribution >= 4 is 59.0 Å². The molecule has 0 atom stereocenters. The molecule has 0 saturated heterocycles. The first-order valence-corrected chi connectivity index (χ1v) is 18.0. The van der Waals surface area contributed by atoms with E-state index in [-0.39, 0.29) is 10.8 Å². The zero-order chi connectivity index (χ0) is 34.3. The summed E-state index contributed by atoms with van der Waals surface area (Å²) in [6, 6.07) is 55.1. The fourth-order valence-corrected chi connectivity index (χ4v) is 7.68. The Bertz CT molecular complexity index is 2320. The molecule has 0 unspecified atom stereocenters. The van der Waals surface area contributed by atoms with Crippen LogP contribution < -0.4 is 0 Å². The standard InChI is InChI=1S/C24H21Br.C24H22/c1-24(2,3)17-14-12-16(13-15-17)22-18-8-4-6-10-20(18)23(25)21-11-7-5-9-19(21)22;1-24(2,3)20-14-12-17(13-15-20)23-21-10-6-4-8-18(21)16-19-9-5-7-11-22(19)23/h4-15H,1-3H3;4-16H,1-3H3. The Hall–Kier alpha value is -4.72. The molecule has 0 bridgehead atoms. The molecule has 0 aliphatic heterocycles.